The van der Waals surface area contributed by atoms with Crippen LogP contribution in [0.25, 0.3) is 10.2 Å². The van der Waals surface area contributed by atoms with Gasteiger partial charge in [0.2, 0.25) is 0 Å². The Morgan fingerprint density at radius 1 is 1.27 bits per heavy atom. The Morgan fingerprint density at radius 3 is 2.77 bits per heavy atom. The second-order valence-electron chi connectivity index (χ2n) is 7.55. The summed E-state index contributed by atoms with van der Waals surface area (Å²) in [5.41, 5.74) is 2.02. The first-order chi connectivity index (χ1) is 14.2. The highest BCUT2D eigenvalue weighted by atomic mass is 32.1. The summed E-state index contributed by atoms with van der Waals surface area (Å²) in [6, 6.07) is 8.54. The van der Waals surface area contributed by atoms with E-state index in [0.717, 1.165) is 46.3 Å². The van der Waals surface area contributed by atoms with Crippen molar-refractivity contribution in [3.63, 3.8) is 0 Å². The first-order valence-electron chi connectivity index (χ1n) is 9.71. The van der Waals surface area contributed by atoms with Gasteiger partial charge < -0.3 is 4.74 Å². The molecule has 4 nitrogen and oxygen atoms in total. The van der Waals surface area contributed by atoms with Crippen molar-refractivity contribution in [3.05, 3.63) is 58.7 Å². The molecule has 1 aliphatic heterocycles. The molecule has 3 aromatic rings. The molecule has 8 heteroatoms. The lowest BCUT2D eigenvalue weighted by molar-refractivity contribution is -0.137. The maximum absolute atomic E-state index is 13.3. The van der Waals surface area contributed by atoms with Crippen LogP contribution in [0.3, 0.4) is 0 Å². The van der Waals surface area contributed by atoms with Crippen LogP contribution in [-0.2, 0) is 10.9 Å². The number of thiazole rings is 1. The zero-order chi connectivity index (χ0) is 21.5. The summed E-state index contributed by atoms with van der Waals surface area (Å²) >= 11 is 1.37. The van der Waals surface area contributed by atoms with Gasteiger partial charge in [-0.2, -0.15) is 13.2 Å². The Morgan fingerprint density at radius 2 is 2.07 bits per heavy atom. The number of aromatic nitrogens is 1. The van der Waals surface area contributed by atoms with Crippen LogP contribution < -0.4 is 4.90 Å². The quantitative estimate of drug-likeness (QED) is 0.525. The van der Waals surface area contributed by atoms with E-state index in [1.54, 1.807) is 0 Å². The Hall–Kier alpha value is -2.45. The molecule has 1 unspecified atom stereocenters. The molecule has 1 aromatic heterocycles. The van der Waals surface area contributed by atoms with E-state index in [9.17, 15) is 18.0 Å². The Balaban J connectivity index is 1.75. The molecule has 1 atom stereocenters. The average molecular weight is 434 g/mol. The van der Waals surface area contributed by atoms with Gasteiger partial charge in [-0.15, -0.1) is 0 Å². The van der Waals surface area contributed by atoms with Crippen LogP contribution in [0.1, 0.15) is 39.9 Å². The highest BCUT2D eigenvalue weighted by Gasteiger charge is 2.32. The molecule has 0 spiro atoms. The highest BCUT2D eigenvalue weighted by molar-refractivity contribution is 7.22. The number of fused-ring (bicyclic) bond motifs is 1. The number of carbonyl (C=O) groups excluding carboxylic acids is 1. The maximum Gasteiger partial charge on any atom is 0.416 e. The fraction of sp³-hybridized carbons (Fsp3) is 0.364. The van der Waals surface area contributed by atoms with Gasteiger partial charge in [0.05, 0.1) is 28.4 Å². The number of halogens is 3. The van der Waals surface area contributed by atoms with Gasteiger partial charge in [-0.05, 0) is 62.1 Å². The first kappa shape index (κ1) is 20.8. The first-order valence-corrected chi connectivity index (χ1v) is 10.5. The molecule has 1 aliphatic rings. The second kappa shape index (κ2) is 8.00. The summed E-state index contributed by atoms with van der Waals surface area (Å²) in [4.78, 5) is 19.4. The third-order valence-corrected chi connectivity index (χ3v) is 6.17. The summed E-state index contributed by atoms with van der Waals surface area (Å²) in [7, 11) is 0. The minimum absolute atomic E-state index is 0.0185. The highest BCUT2D eigenvalue weighted by Crippen LogP contribution is 2.34. The predicted molar refractivity (Wildman–Crippen MR) is 111 cm³/mol. The molecule has 0 aliphatic carbocycles. The lowest BCUT2D eigenvalue weighted by Crippen LogP contribution is -2.37. The van der Waals surface area contributed by atoms with E-state index in [1.165, 1.54) is 28.4 Å². The van der Waals surface area contributed by atoms with Crippen molar-refractivity contribution in [1.29, 1.82) is 0 Å². The summed E-state index contributed by atoms with van der Waals surface area (Å²) < 4.78 is 46.1. The number of carbonyl (C=O) groups is 1. The normalized spacial score (nSPS) is 16.9. The summed E-state index contributed by atoms with van der Waals surface area (Å²) in [5.74, 6) is -0.509. The zero-order valence-corrected chi connectivity index (χ0v) is 17.4. The Kier molecular flexibility index (Phi) is 5.55. The molecule has 0 N–H and O–H groups in total. The standard InChI is InChI=1S/C22H21F3N2O2S/c1-13-9-14(2)19-18(10-13)30-21(26-19)27(12-17-7-4-8-29-17)20(28)15-5-3-6-16(11-15)22(23,24)25/h3,5-6,9-11,17H,4,7-8,12H2,1-2H3. The Bertz CT molecular complexity index is 1090. The van der Waals surface area contributed by atoms with Crippen LogP contribution in [-0.4, -0.2) is 30.1 Å². The van der Waals surface area contributed by atoms with Crippen molar-refractivity contribution >= 4 is 32.6 Å². The number of rotatable bonds is 4. The van der Waals surface area contributed by atoms with Crippen LogP contribution in [0.15, 0.2) is 36.4 Å². The molecule has 0 bridgehead atoms. The number of nitrogens with zero attached hydrogens (tertiary/aromatic N) is 2. The molecule has 1 fully saturated rings. The molecular weight excluding hydrogens is 413 g/mol. The molecule has 1 amide bonds. The second-order valence-corrected chi connectivity index (χ2v) is 8.56. The zero-order valence-electron chi connectivity index (χ0n) is 16.6. The van der Waals surface area contributed by atoms with Gasteiger partial charge >= 0.3 is 6.18 Å². The van der Waals surface area contributed by atoms with Crippen molar-refractivity contribution < 1.29 is 22.7 Å². The molecule has 4 rings (SSSR count). The van der Waals surface area contributed by atoms with Crippen LogP contribution >= 0.6 is 11.3 Å². The van der Waals surface area contributed by atoms with Crippen LogP contribution in [0.2, 0.25) is 0 Å². The predicted octanol–water partition coefficient (Wildman–Crippen LogP) is 5.76. The molecule has 2 aromatic carbocycles. The lowest BCUT2D eigenvalue weighted by atomic mass is 10.1. The van der Waals surface area contributed by atoms with Gasteiger partial charge in [0.1, 0.15) is 0 Å². The molecule has 0 radical (unpaired) electrons. The number of hydrogen-bond donors (Lipinski definition) is 0. The van der Waals surface area contributed by atoms with E-state index < -0.39 is 17.6 Å². The molecule has 30 heavy (non-hydrogen) atoms. The lowest BCUT2D eigenvalue weighted by Gasteiger charge is -2.23. The molecule has 1 saturated heterocycles. The van der Waals surface area contributed by atoms with Gasteiger partial charge in [-0.25, -0.2) is 4.98 Å². The van der Waals surface area contributed by atoms with Gasteiger partial charge in [0, 0.05) is 12.2 Å². The third kappa shape index (κ3) is 4.20. The molecule has 2 heterocycles. The van der Waals surface area contributed by atoms with Gasteiger partial charge in [0.25, 0.3) is 5.91 Å². The van der Waals surface area contributed by atoms with Crippen molar-refractivity contribution in [3.8, 4) is 0 Å². The smallest absolute Gasteiger partial charge is 0.376 e. The van der Waals surface area contributed by atoms with E-state index >= 15 is 0 Å². The topological polar surface area (TPSA) is 42.4 Å². The van der Waals surface area contributed by atoms with Gasteiger partial charge in [-0.1, -0.05) is 23.5 Å². The molecular formula is C22H21F3N2O2S. The number of ether oxygens (including phenoxy) is 1. The minimum atomic E-state index is -4.51. The number of aryl methyl sites for hydroxylation is 2. The van der Waals surface area contributed by atoms with Crippen molar-refractivity contribution in [1.82, 2.24) is 4.98 Å². The van der Waals surface area contributed by atoms with E-state index in [4.69, 9.17) is 4.74 Å². The fourth-order valence-corrected chi connectivity index (χ4v) is 4.85. The van der Waals surface area contributed by atoms with E-state index in [1.807, 2.05) is 26.0 Å². The van der Waals surface area contributed by atoms with Crippen molar-refractivity contribution in [2.75, 3.05) is 18.1 Å². The third-order valence-electron chi connectivity index (χ3n) is 5.14. The molecule has 158 valence electrons. The summed E-state index contributed by atoms with van der Waals surface area (Å²) in [5, 5.41) is 0.469. The largest absolute Gasteiger partial charge is 0.416 e. The Labute approximate surface area is 176 Å². The SMILES string of the molecule is Cc1cc(C)c2nc(N(CC3CCCO3)C(=O)c3cccc(C(F)(F)F)c3)sc2c1. The number of hydrogen-bond acceptors (Lipinski definition) is 4. The van der Waals surface area contributed by atoms with Gasteiger partial charge in [0.15, 0.2) is 5.13 Å². The van der Waals surface area contributed by atoms with E-state index in [2.05, 4.69) is 4.98 Å². The maximum atomic E-state index is 13.3. The number of amides is 1. The van der Waals surface area contributed by atoms with E-state index in [-0.39, 0.29) is 18.2 Å². The number of benzene rings is 2. The number of alkyl halides is 3. The number of anilines is 1. The summed E-state index contributed by atoms with van der Waals surface area (Å²) in [6.07, 6.45) is -2.97. The average Bonchev–Trinajstić information content (AvgIpc) is 3.34. The fourth-order valence-electron chi connectivity index (χ4n) is 3.70. The van der Waals surface area contributed by atoms with E-state index in [0.29, 0.717) is 11.7 Å². The van der Waals surface area contributed by atoms with Crippen molar-refractivity contribution in [2.45, 2.75) is 39.0 Å². The summed E-state index contributed by atoms with van der Waals surface area (Å²) in [6.45, 7) is 4.82. The van der Waals surface area contributed by atoms with Crippen LogP contribution in [0.5, 0.6) is 0 Å². The molecule has 0 saturated carbocycles. The van der Waals surface area contributed by atoms with Crippen molar-refractivity contribution in [2.24, 2.45) is 0 Å². The van der Waals surface area contributed by atoms with Crippen LogP contribution in [0.4, 0.5) is 18.3 Å². The van der Waals surface area contributed by atoms with Crippen LogP contribution in [0, 0.1) is 13.8 Å². The monoisotopic (exact) mass is 434 g/mol. The van der Waals surface area contributed by atoms with Gasteiger partial charge in [-0.3, -0.25) is 9.69 Å². The minimum Gasteiger partial charge on any atom is -0.376 e.